The van der Waals surface area contributed by atoms with Gasteiger partial charge in [0, 0.05) is 0 Å². The summed E-state index contributed by atoms with van der Waals surface area (Å²) in [6.07, 6.45) is 4.68. The van der Waals surface area contributed by atoms with Crippen molar-refractivity contribution in [2.45, 2.75) is 0 Å². The van der Waals surface area contributed by atoms with E-state index in [0.717, 1.165) is 0 Å². The van der Waals surface area contributed by atoms with Crippen molar-refractivity contribution >= 4 is 0 Å². The minimum absolute atomic E-state index is 0.500. The predicted molar refractivity (Wildman–Crippen MR) is 25.1 cm³/mol. The minimum Gasteiger partial charge on any atom is -0.379 e. The zero-order valence-corrected chi connectivity index (χ0v) is 4.18. The Morgan fingerprint density at radius 3 is 2.44 bits per heavy atom. The molecule has 0 spiro atoms. The van der Waals surface area contributed by atoms with E-state index in [1.54, 1.807) is 5.92 Å². The van der Waals surface area contributed by atoms with Gasteiger partial charge in [0.05, 0.1) is 0 Å². The third kappa shape index (κ3) is 0.842. The van der Waals surface area contributed by atoms with Gasteiger partial charge in [-0.05, 0) is 5.92 Å². The van der Waals surface area contributed by atoms with Crippen LogP contribution in [0.3, 0.4) is 0 Å². The van der Waals surface area contributed by atoms with E-state index in [4.69, 9.17) is 0 Å². The quantitative estimate of drug-likeness (QED) is 0.473. The van der Waals surface area contributed by atoms with Crippen LogP contribution in [0.5, 0.6) is 0 Å². The Labute approximate surface area is 49.1 Å². The lowest BCUT2D eigenvalue weighted by atomic mass is 10.5. The summed E-state index contributed by atoms with van der Waals surface area (Å²) in [4.78, 5) is 10.0. The maximum atomic E-state index is 12.0. The van der Waals surface area contributed by atoms with Crippen LogP contribution in [0.2, 0.25) is 0 Å². The largest absolute Gasteiger partial charge is 0.522 e. The molecule has 0 amide bonds. The van der Waals surface area contributed by atoms with Crippen LogP contribution in [0.15, 0.2) is 13.6 Å². The standard InChI is InChI=1S/C5HFO3/c1-2-3-4(6)9-5(7)8-3/h1H. The highest BCUT2D eigenvalue weighted by Crippen LogP contribution is 1.99. The smallest absolute Gasteiger partial charge is 0.379 e. The summed E-state index contributed by atoms with van der Waals surface area (Å²) in [5.74, 6) is 0.156. The van der Waals surface area contributed by atoms with E-state index in [-0.39, 0.29) is 0 Å². The molecule has 1 aromatic rings. The molecule has 0 aliphatic carbocycles. The molecule has 9 heavy (non-hydrogen) atoms. The molecule has 0 unspecified atom stereocenters. The molecular weight excluding hydrogens is 127 g/mol. The van der Waals surface area contributed by atoms with E-state index in [9.17, 15) is 9.18 Å². The minimum atomic E-state index is -1.15. The third-order valence-electron chi connectivity index (χ3n) is 0.668. The van der Waals surface area contributed by atoms with Crippen LogP contribution in [0.25, 0.3) is 0 Å². The van der Waals surface area contributed by atoms with Crippen LogP contribution in [0, 0.1) is 18.4 Å². The molecule has 4 heteroatoms. The molecule has 46 valence electrons. The molecule has 0 radical (unpaired) electrons. The van der Waals surface area contributed by atoms with Crippen molar-refractivity contribution < 1.29 is 13.2 Å². The summed E-state index contributed by atoms with van der Waals surface area (Å²) in [6, 6.07) is -1.15. The Morgan fingerprint density at radius 1 is 1.56 bits per heavy atom. The van der Waals surface area contributed by atoms with Crippen LogP contribution in [0.4, 0.5) is 4.39 Å². The molecule has 0 aliphatic heterocycles. The van der Waals surface area contributed by atoms with Crippen LogP contribution in [-0.2, 0) is 0 Å². The van der Waals surface area contributed by atoms with Crippen LogP contribution in [0.1, 0.15) is 5.76 Å². The average molecular weight is 128 g/mol. The van der Waals surface area contributed by atoms with E-state index in [1.807, 2.05) is 0 Å². The van der Waals surface area contributed by atoms with E-state index in [1.165, 1.54) is 0 Å². The Hall–Kier alpha value is -1.50. The lowest BCUT2D eigenvalue weighted by molar-refractivity contribution is 0.312. The maximum absolute atomic E-state index is 12.0. The third-order valence-corrected chi connectivity index (χ3v) is 0.668. The van der Waals surface area contributed by atoms with E-state index in [2.05, 4.69) is 15.3 Å². The number of halogens is 1. The number of hydrogen-bond donors (Lipinski definition) is 0. The fourth-order valence-corrected chi connectivity index (χ4v) is 0.350. The fourth-order valence-electron chi connectivity index (χ4n) is 0.350. The summed E-state index contributed by atoms with van der Waals surface area (Å²) in [5.41, 5.74) is 0. The van der Waals surface area contributed by atoms with Gasteiger partial charge in [-0.25, -0.2) is 4.79 Å². The molecule has 0 atom stereocenters. The topological polar surface area (TPSA) is 43.4 Å². The van der Waals surface area contributed by atoms with E-state index < -0.39 is 17.6 Å². The first-order valence-electron chi connectivity index (χ1n) is 2.00. The second-order valence-electron chi connectivity index (χ2n) is 1.20. The summed E-state index contributed by atoms with van der Waals surface area (Å²) in [5, 5.41) is 0. The first kappa shape index (κ1) is 5.63. The SMILES string of the molecule is C#Cc1oc(=O)oc1F. The van der Waals surface area contributed by atoms with Gasteiger partial charge in [-0.3, -0.25) is 0 Å². The van der Waals surface area contributed by atoms with Crippen molar-refractivity contribution in [3.63, 3.8) is 0 Å². The van der Waals surface area contributed by atoms with Gasteiger partial charge >= 0.3 is 11.8 Å². The Bertz CT molecular complexity index is 301. The molecule has 0 aromatic carbocycles. The van der Waals surface area contributed by atoms with E-state index >= 15 is 0 Å². The second kappa shape index (κ2) is 1.78. The molecule has 0 bridgehead atoms. The fraction of sp³-hybridized carbons (Fsp3) is 0. The van der Waals surface area contributed by atoms with Crippen molar-refractivity contribution in [2.75, 3.05) is 0 Å². The Balaban J connectivity index is 3.37. The van der Waals surface area contributed by atoms with Crippen LogP contribution in [-0.4, -0.2) is 0 Å². The summed E-state index contributed by atoms with van der Waals surface area (Å²) in [7, 11) is 0. The molecule has 0 saturated carbocycles. The van der Waals surface area contributed by atoms with Crippen LogP contribution >= 0.6 is 0 Å². The molecule has 0 aliphatic rings. The highest BCUT2D eigenvalue weighted by molar-refractivity contribution is 5.16. The lowest BCUT2D eigenvalue weighted by Crippen LogP contribution is -1.85. The number of hydrogen-bond acceptors (Lipinski definition) is 3. The maximum Gasteiger partial charge on any atom is 0.522 e. The highest BCUT2D eigenvalue weighted by atomic mass is 19.1. The number of rotatable bonds is 0. The summed E-state index contributed by atoms with van der Waals surface area (Å²) in [6.45, 7) is 0. The van der Waals surface area contributed by atoms with Gasteiger partial charge in [0.1, 0.15) is 0 Å². The molecule has 0 saturated heterocycles. The van der Waals surface area contributed by atoms with E-state index in [0.29, 0.717) is 0 Å². The van der Waals surface area contributed by atoms with Crippen LogP contribution < -0.4 is 5.82 Å². The molecule has 3 nitrogen and oxygen atoms in total. The van der Waals surface area contributed by atoms with Gasteiger partial charge in [-0.2, -0.15) is 4.39 Å². The van der Waals surface area contributed by atoms with Crippen molar-refractivity contribution in [1.82, 2.24) is 0 Å². The molecule has 1 heterocycles. The van der Waals surface area contributed by atoms with Gasteiger partial charge in [-0.1, -0.05) is 0 Å². The normalized spacial score (nSPS) is 8.89. The van der Waals surface area contributed by atoms with Crippen molar-refractivity contribution in [3.8, 4) is 12.3 Å². The Morgan fingerprint density at radius 2 is 2.22 bits per heavy atom. The molecular formula is C5HFO3. The zero-order chi connectivity index (χ0) is 6.85. The van der Waals surface area contributed by atoms with Gasteiger partial charge in [0.2, 0.25) is 0 Å². The molecule has 1 rings (SSSR count). The van der Waals surface area contributed by atoms with Gasteiger partial charge in [-0.15, -0.1) is 6.42 Å². The second-order valence-corrected chi connectivity index (χ2v) is 1.20. The van der Waals surface area contributed by atoms with Gasteiger partial charge in [0.25, 0.3) is 5.76 Å². The highest BCUT2D eigenvalue weighted by Gasteiger charge is 2.07. The zero-order valence-electron chi connectivity index (χ0n) is 4.18. The average Bonchev–Trinajstić information content (AvgIpc) is 2.10. The summed E-state index contributed by atoms with van der Waals surface area (Å²) >= 11 is 0. The predicted octanol–water partition coefficient (Wildman–Crippen LogP) is 0.353. The molecule has 0 fully saturated rings. The lowest BCUT2D eigenvalue weighted by Gasteiger charge is -1.69. The molecule has 1 aromatic heterocycles. The first-order chi connectivity index (χ1) is 4.24. The van der Waals surface area contributed by atoms with Crippen molar-refractivity contribution in [2.24, 2.45) is 0 Å². The molecule has 0 N–H and O–H groups in total. The van der Waals surface area contributed by atoms with Gasteiger partial charge < -0.3 is 8.83 Å². The Kier molecular flexibility index (Phi) is 1.12. The van der Waals surface area contributed by atoms with Gasteiger partial charge in [0.15, 0.2) is 0 Å². The summed E-state index contributed by atoms with van der Waals surface area (Å²) < 4.78 is 19.8. The number of terminal acetylenes is 1. The van der Waals surface area contributed by atoms with Crippen molar-refractivity contribution in [3.05, 3.63) is 22.4 Å². The van der Waals surface area contributed by atoms with Crippen molar-refractivity contribution in [1.29, 1.82) is 0 Å². The first-order valence-corrected chi connectivity index (χ1v) is 2.00. The monoisotopic (exact) mass is 128 g/mol.